The molecule has 20 heavy (non-hydrogen) atoms. The molecule has 0 bridgehead atoms. The number of hydrogen-bond acceptors (Lipinski definition) is 4. The van der Waals surface area contributed by atoms with E-state index in [1.54, 1.807) is 24.4 Å². The Bertz CT molecular complexity index is 634. The number of hydrazone groups is 1. The van der Waals surface area contributed by atoms with Gasteiger partial charge in [0, 0.05) is 12.1 Å². The summed E-state index contributed by atoms with van der Waals surface area (Å²) in [5.74, 6) is 2.54. The highest BCUT2D eigenvalue weighted by Crippen LogP contribution is 2.47. The molecule has 2 aromatic heterocycles. The van der Waals surface area contributed by atoms with Crippen molar-refractivity contribution in [3.63, 3.8) is 0 Å². The molecule has 1 aliphatic rings. The van der Waals surface area contributed by atoms with Crippen LogP contribution in [0.2, 0.25) is 0 Å². The maximum atomic E-state index is 11.7. The predicted octanol–water partition coefficient (Wildman–Crippen LogP) is 2.56. The Balaban J connectivity index is 1.58. The third kappa shape index (κ3) is 2.77. The predicted molar refractivity (Wildman–Crippen MR) is 74.5 cm³/mol. The van der Waals surface area contributed by atoms with Gasteiger partial charge in [-0.1, -0.05) is 13.0 Å². The molecule has 1 aliphatic carbocycles. The molecule has 2 aromatic rings. The van der Waals surface area contributed by atoms with Gasteiger partial charge in [0.15, 0.2) is 0 Å². The molecule has 5 heteroatoms. The van der Waals surface area contributed by atoms with Gasteiger partial charge in [0.05, 0.1) is 6.21 Å². The van der Waals surface area contributed by atoms with Crippen molar-refractivity contribution < 1.29 is 9.21 Å². The summed E-state index contributed by atoms with van der Waals surface area (Å²) in [4.78, 5) is 15.6. The average Bonchev–Trinajstić information content (AvgIpc) is 3.01. The molecule has 2 atom stereocenters. The van der Waals surface area contributed by atoms with Crippen LogP contribution in [0.3, 0.4) is 0 Å². The van der Waals surface area contributed by atoms with Crippen LogP contribution >= 0.6 is 0 Å². The molecule has 0 aromatic carbocycles. The van der Waals surface area contributed by atoms with Crippen LogP contribution in [0.5, 0.6) is 0 Å². The number of rotatable bonds is 4. The Morgan fingerprint density at radius 2 is 2.30 bits per heavy atom. The molecule has 0 saturated heterocycles. The van der Waals surface area contributed by atoms with E-state index in [-0.39, 0.29) is 5.91 Å². The van der Waals surface area contributed by atoms with Gasteiger partial charge < -0.3 is 4.42 Å². The van der Waals surface area contributed by atoms with Gasteiger partial charge in [0.25, 0.3) is 5.91 Å². The average molecular weight is 269 g/mol. The van der Waals surface area contributed by atoms with Crippen LogP contribution in [0.1, 0.15) is 41.3 Å². The molecule has 0 radical (unpaired) electrons. The van der Waals surface area contributed by atoms with Gasteiger partial charge in [-0.2, -0.15) is 5.10 Å². The molecule has 0 unspecified atom stereocenters. The fraction of sp³-hybridized carbons (Fsp3) is 0.267. The second-order valence-corrected chi connectivity index (χ2v) is 4.97. The molecule has 1 saturated carbocycles. The number of amides is 1. The summed E-state index contributed by atoms with van der Waals surface area (Å²) in [6.07, 6.45) is 4.24. The smallest absolute Gasteiger partial charge is 0.289 e. The summed E-state index contributed by atoms with van der Waals surface area (Å²) in [5.41, 5.74) is 2.75. The number of pyridine rings is 1. The third-order valence-corrected chi connectivity index (χ3v) is 3.38. The lowest BCUT2D eigenvalue weighted by Crippen LogP contribution is -2.18. The number of nitrogens with zero attached hydrogens (tertiary/aromatic N) is 2. The van der Waals surface area contributed by atoms with Crippen LogP contribution < -0.4 is 5.43 Å². The first kappa shape index (κ1) is 12.6. The van der Waals surface area contributed by atoms with Crippen LogP contribution in [0.15, 0.2) is 46.0 Å². The second kappa shape index (κ2) is 5.28. The van der Waals surface area contributed by atoms with E-state index in [2.05, 4.69) is 22.4 Å². The molecule has 1 fully saturated rings. The number of carbonyl (C=O) groups excluding carboxylic acids is 1. The number of nitrogens with one attached hydrogen (secondary N) is 1. The molecule has 1 N–H and O–H groups in total. The summed E-state index contributed by atoms with van der Waals surface area (Å²) in [7, 11) is 0. The van der Waals surface area contributed by atoms with E-state index in [0.29, 0.717) is 23.3 Å². The van der Waals surface area contributed by atoms with Crippen molar-refractivity contribution in [2.24, 2.45) is 11.0 Å². The van der Waals surface area contributed by atoms with E-state index < -0.39 is 0 Å². The lowest BCUT2D eigenvalue weighted by atomic mass is 10.3. The molecular formula is C15H15N3O2. The summed E-state index contributed by atoms with van der Waals surface area (Å²) in [6, 6.07) is 8.96. The fourth-order valence-electron chi connectivity index (χ4n) is 2.06. The molecule has 5 nitrogen and oxygen atoms in total. The van der Waals surface area contributed by atoms with Crippen molar-refractivity contribution in [1.82, 2.24) is 10.4 Å². The fourth-order valence-corrected chi connectivity index (χ4v) is 2.06. The zero-order chi connectivity index (χ0) is 13.9. The highest BCUT2D eigenvalue weighted by molar-refractivity contribution is 5.92. The zero-order valence-corrected chi connectivity index (χ0v) is 11.1. The van der Waals surface area contributed by atoms with Crippen molar-refractivity contribution >= 4 is 12.1 Å². The molecular weight excluding hydrogens is 254 g/mol. The zero-order valence-electron chi connectivity index (χ0n) is 11.1. The van der Waals surface area contributed by atoms with Gasteiger partial charge in [0.2, 0.25) is 0 Å². The Morgan fingerprint density at radius 3 is 3.00 bits per heavy atom. The maximum Gasteiger partial charge on any atom is 0.289 e. The SMILES string of the molecule is C[C@H]1C[C@H]1c1ccc(/C=N\NC(=O)c2ccccn2)o1. The van der Waals surface area contributed by atoms with Gasteiger partial charge in [-0.3, -0.25) is 9.78 Å². The van der Waals surface area contributed by atoms with E-state index in [1.165, 1.54) is 12.6 Å². The molecule has 1 amide bonds. The van der Waals surface area contributed by atoms with Crippen LogP contribution in [0.4, 0.5) is 0 Å². The van der Waals surface area contributed by atoms with Gasteiger partial charge in [-0.15, -0.1) is 0 Å². The normalized spacial score (nSPS) is 21.1. The molecule has 2 heterocycles. The standard InChI is InChI=1S/C15H15N3O2/c1-10-8-12(10)14-6-5-11(20-14)9-17-18-15(19)13-4-2-3-7-16-13/h2-7,9-10,12H,8H2,1H3,(H,18,19)/b17-9-/t10-,12+/m0/s1. The minimum Gasteiger partial charge on any atom is -0.460 e. The number of furan rings is 1. The first-order valence-electron chi connectivity index (χ1n) is 6.58. The van der Waals surface area contributed by atoms with E-state index in [0.717, 1.165) is 5.76 Å². The Kier molecular flexibility index (Phi) is 3.33. The van der Waals surface area contributed by atoms with Crippen LogP contribution in [-0.2, 0) is 0 Å². The Hall–Kier alpha value is -2.43. The lowest BCUT2D eigenvalue weighted by molar-refractivity contribution is 0.0950. The maximum absolute atomic E-state index is 11.7. The van der Waals surface area contributed by atoms with Crippen LogP contribution in [0.25, 0.3) is 0 Å². The van der Waals surface area contributed by atoms with Gasteiger partial charge >= 0.3 is 0 Å². The molecule has 0 spiro atoms. The van der Waals surface area contributed by atoms with Crippen LogP contribution in [-0.4, -0.2) is 17.1 Å². The topological polar surface area (TPSA) is 67.5 Å². The van der Waals surface area contributed by atoms with Crippen molar-refractivity contribution in [3.8, 4) is 0 Å². The summed E-state index contributed by atoms with van der Waals surface area (Å²) >= 11 is 0. The lowest BCUT2D eigenvalue weighted by Gasteiger charge is -1.97. The number of carbonyl (C=O) groups is 1. The summed E-state index contributed by atoms with van der Waals surface area (Å²) < 4.78 is 5.65. The van der Waals surface area contributed by atoms with Crippen molar-refractivity contribution in [3.05, 3.63) is 53.7 Å². The van der Waals surface area contributed by atoms with Crippen molar-refractivity contribution in [2.45, 2.75) is 19.3 Å². The van der Waals surface area contributed by atoms with E-state index >= 15 is 0 Å². The van der Waals surface area contributed by atoms with E-state index in [4.69, 9.17) is 4.42 Å². The number of aromatic nitrogens is 1. The van der Waals surface area contributed by atoms with E-state index in [1.807, 2.05) is 12.1 Å². The van der Waals surface area contributed by atoms with Gasteiger partial charge in [-0.05, 0) is 36.6 Å². The first-order valence-corrected chi connectivity index (χ1v) is 6.58. The van der Waals surface area contributed by atoms with Gasteiger partial charge in [-0.25, -0.2) is 5.43 Å². The summed E-state index contributed by atoms with van der Waals surface area (Å²) in [6.45, 7) is 2.20. The third-order valence-electron chi connectivity index (χ3n) is 3.38. The second-order valence-electron chi connectivity index (χ2n) is 4.97. The number of hydrogen-bond donors (Lipinski definition) is 1. The van der Waals surface area contributed by atoms with Crippen LogP contribution in [0, 0.1) is 5.92 Å². The minimum atomic E-state index is -0.343. The molecule has 3 rings (SSSR count). The Morgan fingerprint density at radius 1 is 1.45 bits per heavy atom. The highest BCUT2D eigenvalue weighted by Gasteiger charge is 2.36. The quantitative estimate of drug-likeness (QED) is 0.685. The molecule has 0 aliphatic heterocycles. The first-order chi connectivity index (χ1) is 9.74. The minimum absolute atomic E-state index is 0.330. The monoisotopic (exact) mass is 269 g/mol. The Labute approximate surface area is 116 Å². The van der Waals surface area contributed by atoms with Crippen molar-refractivity contribution in [1.29, 1.82) is 0 Å². The van der Waals surface area contributed by atoms with E-state index in [9.17, 15) is 4.79 Å². The largest absolute Gasteiger partial charge is 0.460 e. The van der Waals surface area contributed by atoms with Gasteiger partial charge in [0.1, 0.15) is 17.2 Å². The van der Waals surface area contributed by atoms with Crippen molar-refractivity contribution in [2.75, 3.05) is 0 Å². The molecule has 102 valence electrons. The summed E-state index contributed by atoms with van der Waals surface area (Å²) in [5, 5.41) is 3.87. The highest BCUT2D eigenvalue weighted by atomic mass is 16.3.